The van der Waals surface area contributed by atoms with Crippen molar-refractivity contribution in [3.8, 4) is 28.3 Å². The molecule has 3 aromatic rings. The first kappa shape index (κ1) is 17.3. The summed E-state index contributed by atoms with van der Waals surface area (Å²) in [4.78, 5) is 3.42. The van der Waals surface area contributed by atoms with Crippen LogP contribution in [0.1, 0.15) is 37.5 Å². The molecule has 0 bridgehead atoms. The van der Waals surface area contributed by atoms with Crippen LogP contribution in [-0.4, -0.2) is 12.1 Å². The Balaban J connectivity index is 2.03. The van der Waals surface area contributed by atoms with Crippen molar-refractivity contribution in [1.29, 1.82) is 0 Å². The number of nitrogens with one attached hydrogen (secondary N) is 1. The number of aromatic nitrogens is 1. The van der Waals surface area contributed by atoms with Crippen LogP contribution in [0.15, 0.2) is 48.5 Å². The van der Waals surface area contributed by atoms with Crippen LogP contribution in [-0.2, 0) is 5.41 Å². The van der Waals surface area contributed by atoms with E-state index in [1.165, 1.54) is 27.8 Å². The minimum atomic E-state index is 0.163. The van der Waals surface area contributed by atoms with Gasteiger partial charge in [0.05, 0.1) is 7.11 Å². The number of rotatable bonds is 3. The van der Waals surface area contributed by atoms with E-state index in [0.717, 1.165) is 17.1 Å². The summed E-state index contributed by atoms with van der Waals surface area (Å²) >= 11 is 0. The monoisotopic (exact) mass is 333 g/mol. The predicted molar refractivity (Wildman–Crippen MR) is 106 cm³/mol. The zero-order chi connectivity index (χ0) is 18.2. The third-order valence-corrected chi connectivity index (χ3v) is 4.72. The van der Waals surface area contributed by atoms with Gasteiger partial charge in [-0.15, -0.1) is 0 Å². The van der Waals surface area contributed by atoms with E-state index in [2.05, 4.69) is 88.1 Å². The summed E-state index contributed by atoms with van der Waals surface area (Å²) in [5, 5.41) is 0. The van der Waals surface area contributed by atoms with E-state index in [0.29, 0.717) is 0 Å². The van der Waals surface area contributed by atoms with E-state index >= 15 is 0 Å². The largest absolute Gasteiger partial charge is 0.482 e. The highest BCUT2D eigenvalue weighted by Gasteiger charge is 2.16. The van der Waals surface area contributed by atoms with Crippen molar-refractivity contribution in [1.82, 2.24) is 4.98 Å². The molecule has 3 rings (SSSR count). The minimum absolute atomic E-state index is 0.163. The van der Waals surface area contributed by atoms with Crippen LogP contribution in [0, 0.1) is 13.8 Å². The molecule has 0 aliphatic heterocycles. The number of benzene rings is 2. The molecule has 1 aromatic heterocycles. The zero-order valence-electron chi connectivity index (χ0n) is 16.0. The molecule has 0 unspecified atom stereocenters. The Kier molecular flexibility index (Phi) is 4.47. The van der Waals surface area contributed by atoms with Crippen LogP contribution >= 0.6 is 0 Å². The lowest BCUT2D eigenvalue weighted by Gasteiger charge is -2.19. The first-order valence-electron chi connectivity index (χ1n) is 8.75. The highest BCUT2D eigenvalue weighted by Crippen LogP contribution is 2.36. The van der Waals surface area contributed by atoms with Gasteiger partial charge in [0, 0.05) is 11.3 Å². The first-order valence-corrected chi connectivity index (χ1v) is 8.75. The lowest BCUT2D eigenvalue weighted by atomic mass is 9.86. The lowest BCUT2D eigenvalue weighted by Crippen LogP contribution is -2.10. The summed E-state index contributed by atoms with van der Waals surface area (Å²) < 4.78 is 5.61. The SMILES string of the molecule is COc1[nH]c(-c2ccc(C(C)(C)C)cc2)cc1-c1ccc(C)cc1C. The van der Waals surface area contributed by atoms with Crippen LogP contribution in [0.25, 0.3) is 22.4 Å². The van der Waals surface area contributed by atoms with E-state index in [9.17, 15) is 0 Å². The topological polar surface area (TPSA) is 25.0 Å². The van der Waals surface area contributed by atoms with Gasteiger partial charge in [0.2, 0.25) is 0 Å². The second-order valence-electron chi connectivity index (χ2n) is 7.78. The Bertz CT molecular complexity index is 879. The minimum Gasteiger partial charge on any atom is -0.482 e. The van der Waals surface area contributed by atoms with Gasteiger partial charge in [-0.25, -0.2) is 0 Å². The normalized spacial score (nSPS) is 11.6. The van der Waals surface area contributed by atoms with E-state index < -0.39 is 0 Å². The van der Waals surface area contributed by atoms with Gasteiger partial charge >= 0.3 is 0 Å². The fourth-order valence-corrected chi connectivity index (χ4v) is 3.22. The Hall–Kier alpha value is -2.48. The molecule has 0 aliphatic rings. The number of aromatic amines is 1. The smallest absolute Gasteiger partial charge is 0.199 e. The Morgan fingerprint density at radius 2 is 1.52 bits per heavy atom. The molecule has 0 radical (unpaired) electrons. The summed E-state index contributed by atoms with van der Waals surface area (Å²) in [6, 6.07) is 17.5. The average molecular weight is 333 g/mol. The maximum atomic E-state index is 5.61. The van der Waals surface area contributed by atoms with E-state index in [1.54, 1.807) is 7.11 Å². The molecular weight excluding hydrogens is 306 g/mol. The molecule has 0 saturated carbocycles. The summed E-state index contributed by atoms with van der Waals surface area (Å²) in [6.07, 6.45) is 0. The molecule has 0 aliphatic carbocycles. The molecule has 2 nitrogen and oxygen atoms in total. The summed E-state index contributed by atoms with van der Waals surface area (Å²) in [7, 11) is 1.71. The number of hydrogen-bond donors (Lipinski definition) is 1. The van der Waals surface area contributed by atoms with Crippen molar-refractivity contribution >= 4 is 0 Å². The van der Waals surface area contributed by atoms with Gasteiger partial charge in [0.1, 0.15) is 0 Å². The third kappa shape index (κ3) is 3.48. The molecule has 0 saturated heterocycles. The predicted octanol–water partition coefficient (Wildman–Crippen LogP) is 6.27. The summed E-state index contributed by atoms with van der Waals surface area (Å²) in [5.41, 5.74) is 8.58. The van der Waals surface area contributed by atoms with Gasteiger partial charge in [0.15, 0.2) is 5.88 Å². The maximum Gasteiger partial charge on any atom is 0.199 e. The Morgan fingerprint density at radius 1 is 0.840 bits per heavy atom. The highest BCUT2D eigenvalue weighted by atomic mass is 16.5. The number of methoxy groups -OCH3 is 1. The number of ether oxygens (including phenoxy) is 1. The average Bonchev–Trinajstić information content (AvgIpc) is 2.98. The molecular formula is C23H27NO. The van der Waals surface area contributed by atoms with Crippen LogP contribution in [0.5, 0.6) is 5.88 Å². The summed E-state index contributed by atoms with van der Waals surface area (Å²) in [5.74, 6) is 0.807. The van der Waals surface area contributed by atoms with Gasteiger partial charge in [-0.05, 0) is 47.6 Å². The second-order valence-corrected chi connectivity index (χ2v) is 7.78. The molecule has 0 atom stereocenters. The van der Waals surface area contributed by atoms with E-state index in [-0.39, 0.29) is 5.41 Å². The van der Waals surface area contributed by atoms with Crippen molar-refractivity contribution < 1.29 is 4.74 Å². The van der Waals surface area contributed by atoms with Gasteiger partial charge in [0.25, 0.3) is 0 Å². The number of H-pyrrole nitrogens is 1. The summed E-state index contributed by atoms with van der Waals surface area (Å²) in [6.45, 7) is 11.0. The standard InChI is InChI=1S/C23H27NO/c1-15-7-12-19(16(2)13-15)20-14-21(24-22(20)25-6)17-8-10-18(11-9-17)23(3,4)5/h7-14,24H,1-6H3. The van der Waals surface area contributed by atoms with Crippen molar-refractivity contribution in [2.24, 2.45) is 0 Å². The number of aryl methyl sites for hydroxylation is 2. The zero-order valence-corrected chi connectivity index (χ0v) is 16.0. The van der Waals surface area contributed by atoms with Gasteiger partial charge < -0.3 is 9.72 Å². The molecule has 0 fully saturated rings. The van der Waals surface area contributed by atoms with Crippen LogP contribution in [0.2, 0.25) is 0 Å². The van der Waals surface area contributed by atoms with Gasteiger partial charge in [-0.2, -0.15) is 0 Å². The van der Waals surface area contributed by atoms with Crippen molar-refractivity contribution in [2.75, 3.05) is 7.11 Å². The number of hydrogen-bond acceptors (Lipinski definition) is 1. The van der Waals surface area contributed by atoms with Crippen LogP contribution in [0.4, 0.5) is 0 Å². The Morgan fingerprint density at radius 3 is 2.08 bits per heavy atom. The fraction of sp³-hybridized carbons (Fsp3) is 0.304. The molecule has 2 aromatic carbocycles. The first-order chi connectivity index (χ1) is 11.8. The van der Waals surface area contributed by atoms with Crippen molar-refractivity contribution in [2.45, 2.75) is 40.0 Å². The van der Waals surface area contributed by atoms with Gasteiger partial charge in [-0.1, -0.05) is 68.8 Å². The van der Waals surface area contributed by atoms with Crippen molar-refractivity contribution in [3.63, 3.8) is 0 Å². The van der Waals surface area contributed by atoms with Crippen LogP contribution in [0.3, 0.4) is 0 Å². The van der Waals surface area contributed by atoms with Crippen molar-refractivity contribution in [3.05, 3.63) is 65.2 Å². The van der Waals surface area contributed by atoms with Gasteiger partial charge in [-0.3, -0.25) is 0 Å². The molecule has 2 heteroatoms. The molecule has 0 amide bonds. The third-order valence-electron chi connectivity index (χ3n) is 4.72. The fourth-order valence-electron chi connectivity index (χ4n) is 3.22. The molecule has 0 spiro atoms. The Labute approximate surface area is 150 Å². The second kappa shape index (κ2) is 6.44. The highest BCUT2D eigenvalue weighted by molar-refractivity contribution is 5.78. The lowest BCUT2D eigenvalue weighted by molar-refractivity contribution is 0.402. The van der Waals surface area contributed by atoms with E-state index in [1.807, 2.05) is 0 Å². The molecule has 130 valence electrons. The molecule has 25 heavy (non-hydrogen) atoms. The maximum absolute atomic E-state index is 5.61. The quantitative estimate of drug-likeness (QED) is 0.600. The molecule has 1 N–H and O–H groups in total. The van der Waals surface area contributed by atoms with E-state index in [4.69, 9.17) is 4.74 Å². The van der Waals surface area contributed by atoms with Crippen LogP contribution < -0.4 is 4.74 Å². The molecule has 1 heterocycles.